The van der Waals surface area contributed by atoms with Gasteiger partial charge in [-0.3, -0.25) is 9.59 Å². The number of anilines is 2. The summed E-state index contributed by atoms with van der Waals surface area (Å²) in [5.41, 5.74) is 4.95. The zero-order valence-electron chi connectivity index (χ0n) is 16.8. The van der Waals surface area contributed by atoms with Crippen molar-refractivity contribution >= 4 is 23.2 Å². The van der Waals surface area contributed by atoms with Crippen LogP contribution in [0.3, 0.4) is 0 Å². The van der Waals surface area contributed by atoms with Crippen LogP contribution < -0.4 is 10.6 Å². The molecule has 5 heteroatoms. The second-order valence-electron chi connectivity index (χ2n) is 7.98. The Hall–Kier alpha value is -3.60. The van der Waals surface area contributed by atoms with Crippen molar-refractivity contribution in [2.24, 2.45) is 0 Å². The van der Waals surface area contributed by atoms with E-state index in [1.165, 1.54) is 0 Å². The quantitative estimate of drug-likeness (QED) is 0.653. The number of amides is 2. The summed E-state index contributed by atoms with van der Waals surface area (Å²) in [7, 11) is 0. The van der Waals surface area contributed by atoms with Crippen LogP contribution in [-0.4, -0.2) is 22.8 Å². The Kier molecular flexibility index (Phi) is 4.51. The fourth-order valence-corrected chi connectivity index (χ4v) is 3.94. The molecular formula is C25H23N3O2. The van der Waals surface area contributed by atoms with Gasteiger partial charge in [-0.2, -0.15) is 0 Å². The van der Waals surface area contributed by atoms with Gasteiger partial charge in [0.1, 0.15) is 6.17 Å². The predicted octanol–water partition coefficient (Wildman–Crippen LogP) is 4.98. The van der Waals surface area contributed by atoms with Crippen molar-refractivity contribution in [1.82, 2.24) is 4.90 Å². The molecule has 1 saturated carbocycles. The molecule has 30 heavy (non-hydrogen) atoms. The largest absolute Gasteiger partial charge is 0.361 e. The number of nitrogens with zero attached hydrogens (tertiary/aromatic N) is 1. The summed E-state index contributed by atoms with van der Waals surface area (Å²) in [5, 5.41) is 6.50. The molecule has 1 aliphatic carbocycles. The lowest BCUT2D eigenvalue weighted by Crippen LogP contribution is -2.44. The molecule has 0 bridgehead atoms. The first-order chi connectivity index (χ1) is 14.6. The Balaban J connectivity index is 1.43. The minimum atomic E-state index is -0.254. The molecule has 5 nitrogen and oxygen atoms in total. The molecule has 2 aliphatic rings. The molecule has 150 valence electrons. The van der Waals surface area contributed by atoms with Crippen molar-refractivity contribution in [2.45, 2.75) is 32.0 Å². The van der Waals surface area contributed by atoms with Crippen LogP contribution >= 0.6 is 0 Å². The summed E-state index contributed by atoms with van der Waals surface area (Å²) in [6.07, 6.45) is 1.79. The Labute approximate surface area is 175 Å². The molecule has 3 aromatic carbocycles. The molecule has 3 aromatic rings. The SMILES string of the molecule is Cc1ccc(C(=O)Nc2cccc([C@H]3Nc4ccccc4C(=O)N3C3CC3)c2)cc1. The molecule has 0 saturated heterocycles. The number of aryl methyl sites for hydroxylation is 1. The van der Waals surface area contributed by atoms with Crippen molar-refractivity contribution < 1.29 is 9.59 Å². The van der Waals surface area contributed by atoms with Gasteiger partial charge in [0.05, 0.1) is 5.56 Å². The number of hydrogen-bond donors (Lipinski definition) is 2. The Morgan fingerprint density at radius 2 is 1.77 bits per heavy atom. The van der Waals surface area contributed by atoms with Crippen molar-refractivity contribution in [1.29, 1.82) is 0 Å². The van der Waals surface area contributed by atoms with Crippen LogP contribution in [0.4, 0.5) is 11.4 Å². The summed E-state index contributed by atoms with van der Waals surface area (Å²) in [5.74, 6) is -0.0878. The molecule has 1 aliphatic heterocycles. The van der Waals surface area contributed by atoms with Gasteiger partial charge in [-0.15, -0.1) is 0 Å². The average molecular weight is 397 g/mol. The van der Waals surface area contributed by atoms with E-state index in [9.17, 15) is 9.59 Å². The number of fused-ring (bicyclic) bond motifs is 1. The lowest BCUT2D eigenvalue weighted by Gasteiger charge is -2.38. The van der Waals surface area contributed by atoms with Crippen LogP contribution in [0.2, 0.25) is 0 Å². The van der Waals surface area contributed by atoms with E-state index in [-0.39, 0.29) is 24.0 Å². The first-order valence-electron chi connectivity index (χ1n) is 10.3. The highest BCUT2D eigenvalue weighted by atomic mass is 16.2. The molecule has 0 aromatic heterocycles. The summed E-state index contributed by atoms with van der Waals surface area (Å²) in [6, 6.07) is 23.1. The minimum absolute atomic E-state index is 0.0611. The van der Waals surface area contributed by atoms with E-state index in [0.29, 0.717) is 16.8 Å². The number of nitrogens with one attached hydrogen (secondary N) is 2. The first-order valence-corrected chi connectivity index (χ1v) is 10.3. The fraction of sp³-hybridized carbons (Fsp3) is 0.200. The first kappa shape index (κ1) is 18.4. The molecule has 0 spiro atoms. The van der Waals surface area contributed by atoms with Gasteiger partial charge >= 0.3 is 0 Å². The smallest absolute Gasteiger partial charge is 0.258 e. The lowest BCUT2D eigenvalue weighted by molar-refractivity contribution is 0.0666. The van der Waals surface area contributed by atoms with Gasteiger partial charge in [0.2, 0.25) is 0 Å². The lowest BCUT2D eigenvalue weighted by atomic mass is 10.0. The third-order valence-electron chi connectivity index (χ3n) is 5.68. The number of para-hydroxylation sites is 1. The van der Waals surface area contributed by atoms with E-state index in [4.69, 9.17) is 0 Å². The normalized spacial score (nSPS) is 17.8. The van der Waals surface area contributed by atoms with Crippen LogP contribution in [0.5, 0.6) is 0 Å². The van der Waals surface area contributed by atoms with Crippen LogP contribution in [0, 0.1) is 6.92 Å². The molecule has 2 amide bonds. The summed E-state index contributed by atoms with van der Waals surface area (Å²) in [6.45, 7) is 1.99. The van der Waals surface area contributed by atoms with Crippen LogP contribution in [0.15, 0.2) is 72.8 Å². The van der Waals surface area contributed by atoms with Crippen molar-refractivity contribution in [2.75, 3.05) is 10.6 Å². The zero-order valence-corrected chi connectivity index (χ0v) is 16.8. The van der Waals surface area contributed by atoms with Crippen LogP contribution in [0.1, 0.15) is 50.9 Å². The number of benzene rings is 3. The van der Waals surface area contributed by atoms with Gasteiger partial charge in [-0.1, -0.05) is 42.0 Å². The van der Waals surface area contributed by atoms with E-state index in [1.54, 1.807) is 0 Å². The second-order valence-corrected chi connectivity index (χ2v) is 7.98. The third-order valence-corrected chi connectivity index (χ3v) is 5.68. The highest BCUT2D eigenvalue weighted by Crippen LogP contribution is 2.41. The number of carbonyl (C=O) groups excluding carboxylic acids is 2. The van der Waals surface area contributed by atoms with Crippen molar-refractivity contribution in [3.63, 3.8) is 0 Å². The number of rotatable bonds is 4. The van der Waals surface area contributed by atoms with E-state index in [2.05, 4.69) is 10.6 Å². The molecule has 0 radical (unpaired) electrons. The Morgan fingerprint density at radius 3 is 2.53 bits per heavy atom. The van der Waals surface area contributed by atoms with E-state index < -0.39 is 0 Å². The summed E-state index contributed by atoms with van der Waals surface area (Å²) >= 11 is 0. The topological polar surface area (TPSA) is 61.4 Å². The van der Waals surface area contributed by atoms with Gasteiger partial charge in [-0.05, 0) is 61.7 Å². The van der Waals surface area contributed by atoms with Crippen molar-refractivity contribution in [3.8, 4) is 0 Å². The third kappa shape index (κ3) is 3.43. The van der Waals surface area contributed by atoms with E-state index >= 15 is 0 Å². The summed E-state index contributed by atoms with van der Waals surface area (Å²) < 4.78 is 0. The van der Waals surface area contributed by atoms with Gasteiger partial charge < -0.3 is 15.5 Å². The molecule has 1 fully saturated rings. The minimum Gasteiger partial charge on any atom is -0.361 e. The van der Waals surface area contributed by atoms with E-state index in [1.807, 2.05) is 84.6 Å². The van der Waals surface area contributed by atoms with Gasteiger partial charge in [0.15, 0.2) is 0 Å². The Bertz CT molecular complexity index is 1120. The standard InChI is InChI=1S/C25H23N3O2/c1-16-9-11-17(12-10-16)24(29)26-19-6-4-5-18(15-19)23-27-22-8-3-2-7-21(22)25(30)28(23)20-13-14-20/h2-12,15,20,23,27H,13-14H2,1H3,(H,26,29)/t23-/m0/s1. The molecule has 2 N–H and O–H groups in total. The Morgan fingerprint density at radius 1 is 1.00 bits per heavy atom. The zero-order chi connectivity index (χ0) is 20.7. The van der Waals surface area contributed by atoms with Gasteiger partial charge in [0.25, 0.3) is 11.8 Å². The van der Waals surface area contributed by atoms with Crippen LogP contribution in [0.25, 0.3) is 0 Å². The highest BCUT2D eigenvalue weighted by molar-refractivity contribution is 6.04. The van der Waals surface area contributed by atoms with Crippen molar-refractivity contribution in [3.05, 3.63) is 95.1 Å². The maximum atomic E-state index is 13.2. The summed E-state index contributed by atoms with van der Waals surface area (Å²) in [4.78, 5) is 27.7. The maximum Gasteiger partial charge on any atom is 0.258 e. The molecule has 5 rings (SSSR count). The van der Waals surface area contributed by atoms with Gasteiger partial charge in [-0.25, -0.2) is 0 Å². The van der Waals surface area contributed by atoms with E-state index in [0.717, 1.165) is 29.7 Å². The number of carbonyl (C=O) groups is 2. The van der Waals surface area contributed by atoms with Gasteiger partial charge in [0, 0.05) is 23.0 Å². The molecule has 1 heterocycles. The average Bonchev–Trinajstić information content (AvgIpc) is 3.59. The highest BCUT2D eigenvalue weighted by Gasteiger charge is 2.42. The maximum absolute atomic E-state index is 13.2. The predicted molar refractivity (Wildman–Crippen MR) is 118 cm³/mol. The van der Waals surface area contributed by atoms with Crippen LogP contribution in [-0.2, 0) is 0 Å². The molecule has 1 atom stereocenters. The monoisotopic (exact) mass is 397 g/mol. The molecular weight excluding hydrogens is 374 g/mol. The molecule has 0 unspecified atom stereocenters. The second kappa shape index (κ2) is 7.34. The number of hydrogen-bond acceptors (Lipinski definition) is 3. The fourth-order valence-electron chi connectivity index (χ4n) is 3.94.